The van der Waals surface area contributed by atoms with Crippen molar-refractivity contribution in [2.45, 2.75) is 6.92 Å². The molecule has 0 atom stereocenters. The van der Waals surface area contributed by atoms with Gasteiger partial charge in [-0.05, 0) is 31.2 Å². The van der Waals surface area contributed by atoms with E-state index in [2.05, 4.69) is 30.6 Å². The predicted octanol–water partition coefficient (Wildman–Crippen LogP) is 2.81. The first-order valence-corrected chi connectivity index (χ1v) is 9.26. The molecule has 0 spiro atoms. The number of hydrogen-bond donors (Lipinski definition) is 0. The highest BCUT2D eigenvalue weighted by atomic mass is 32.1. The van der Waals surface area contributed by atoms with Crippen LogP contribution in [0.2, 0.25) is 0 Å². The molecule has 5 rings (SSSR count). The number of pyridine rings is 1. The summed E-state index contributed by atoms with van der Waals surface area (Å²) < 4.78 is 8.91. The lowest BCUT2D eigenvalue weighted by Gasteiger charge is -2.08. The Hall–Kier alpha value is -3.66. The van der Waals surface area contributed by atoms with E-state index in [1.54, 1.807) is 28.7 Å². The SMILES string of the molecule is COc1ccccc1-n1nnc(-c2nn3c(-c4ccncc4)nnc3s2)c1C. The van der Waals surface area contributed by atoms with Gasteiger partial charge < -0.3 is 4.74 Å². The standard InChI is InChI=1S/C18H14N8OS/c1-11-15(20-24-25(11)13-5-3-4-6-14(13)27-2)17-23-26-16(21-22-18(26)28-17)12-7-9-19-10-8-12/h3-10H,1-2H3. The Kier molecular flexibility index (Phi) is 3.83. The first-order chi connectivity index (χ1) is 13.8. The van der Waals surface area contributed by atoms with Crippen LogP contribution in [0.4, 0.5) is 0 Å². The second-order valence-electron chi connectivity index (χ2n) is 5.97. The van der Waals surface area contributed by atoms with Crippen LogP contribution in [0.3, 0.4) is 0 Å². The van der Waals surface area contributed by atoms with Crippen molar-refractivity contribution in [1.29, 1.82) is 0 Å². The fourth-order valence-electron chi connectivity index (χ4n) is 2.95. The summed E-state index contributed by atoms with van der Waals surface area (Å²) in [5.41, 5.74) is 3.28. The number of nitrogens with zero attached hydrogens (tertiary/aromatic N) is 8. The second kappa shape index (κ2) is 6.50. The maximum absolute atomic E-state index is 5.44. The molecule has 0 radical (unpaired) electrons. The van der Waals surface area contributed by atoms with Crippen LogP contribution in [0.15, 0.2) is 48.8 Å². The summed E-state index contributed by atoms with van der Waals surface area (Å²) in [6, 6.07) is 11.4. The lowest BCUT2D eigenvalue weighted by Crippen LogP contribution is -2.01. The molecule has 0 aliphatic carbocycles. The number of benzene rings is 1. The van der Waals surface area contributed by atoms with E-state index in [-0.39, 0.29) is 0 Å². The summed E-state index contributed by atoms with van der Waals surface area (Å²) in [7, 11) is 1.63. The fourth-order valence-corrected chi connectivity index (χ4v) is 3.83. The molecule has 1 aromatic carbocycles. The van der Waals surface area contributed by atoms with Crippen molar-refractivity contribution in [3.63, 3.8) is 0 Å². The van der Waals surface area contributed by atoms with E-state index in [0.29, 0.717) is 16.5 Å². The van der Waals surface area contributed by atoms with Gasteiger partial charge in [-0.2, -0.15) is 9.61 Å². The summed E-state index contributed by atoms with van der Waals surface area (Å²) >= 11 is 1.41. The summed E-state index contributed by atoms with van der Waals surface area (Å²) in [5.74, 6) is 1.38. The average Bonchev–Trinajstić information content (AvgIpc) is 3.42. The summed E-state index contributed by atoms with van der Waals surface area (Å²) in [6.45, 7) is 1.95. The number of methoxy groups -OCH3 is 1. The van der Waals surface area contributed by atoms with Gasteiger partial charge in [0.15, 0.2) is 10.8 Å². The molecule has 0 aliphatic rings. The van der Waals surface area contributed by atoms with Crippen LogP contribution >= 0.6 is 11.3 Å². The summed E-state index contributed by atoms with van der Waals surface area (Å²) in [4.78, 5) is 4.73. The lowest BCUT2D eigenvalue weighted by atomic mass is 10.2. The first-order valence-electron chi connectivity index (χ1n) is 8.45. The Morgan fingerprint density at radius 3 is 2.64 bits per heavy atom. The molecule has 10 heteroatoms. The molecular formula is C18H14N8OS. The van der Waals surface area contributed by atoms with Crippen molar-refractivity contribution in [3.8, 4) is 33.5 Å². The van der Waals surface area contributed by atoms with Gasteiger partial charge in [-0.3, -0.25) is 4.98 Å². The number of ether oxygens (including phenoxy) is 1. The fraction of sp³-hybridized carbons (Fsp3) is 0.111. The highest BCUT2D eigenvalue weighted by molar-refractivity contribution is 7.19. The molecule has 5 aromatic rings. The highest BCUT2D eigenvalue weighted by Gasteiger charge is 2.20. The van der Waals surface area contributed by atoms with Crippen molar-refractivity contribution in [2.75, 3.05) is 7.11 Å². The molecule has 0 saturated heterocycles. The molecule has 0 bridgehead atoms. The normalized spacial score (nSPS) is 11.2. The Balaban J connectivity index is 1.60. The Morgan fingerprint density at radius 2 is 1.82 bits per heavy atom. The molecule has 0 amide bonds. The van der Waals surface area contributed by atoms with Gasteiger partial charge in [-0.1, -0.05) is 28.7 Å². The molecule has 0 fully saturated rings. The molecule has 28 heavy (non-hydrogen) atoms. The minimum absolute atomic E-state index is 0.662. The third-order valence-corrected chi connectivity index (χ3v) is 5.25. The van der Waals surface area contributed by atoms with Gasteiger partial charge in [0, 0.05) is 18.0 Å². The van der Waals surface area contributed by atoms with Crippen LogP contribution in [0.5, 0.6) is 5.75 Å². The van der Waals surface area contributed by atoms with Crippen LogP contribution in [0.25, 0.3) is 32.7 Å². The maximum atomic E-state index is 5.44. The van der Waals surface area contributed by atoms with E-state index in [1.807, 2.05) is 43.3 Å². The third-order valence-electron chi connectivity index (χ3n) is 4.34. The minimum Gasteiger partial charge on any atom is -0.494 e. The Morgan fingerprint density at radius 1 is 1.00 bits per heavy atom. The van der Waals surface area contributed by atoms with Crippen LogP contribution < -0.4 is 4.74 Å². The van der Waals surface area contributed by atoms with Crippen LogP contribution in [-0.4, -0.2) is 46.9 Å². The van der Waals surface area contributed by atoms with E-state index in [0.717, 1.165) is 27.7 Å². The molecule has 0 saturated carbocycles. The molecule has 138 valence electrons. The summed E-state index contributed by atoms with van der Waals surface area (Å²) in [6.07, 6.45) is 3.43. The second-order valence-corrected chi connectivity index (χ2v) is 6.92. The molecule has 4 heterocycles. The van der Waals surface area contributed by atoms with Crippen LogP contribution in [0, 0.1) is 6.92 Å². The average molecular weight is 390 g/mol. The number of hydrogen-bond acceptors (Lipinski definition) is 8. The quantitative estimate of drug-likeness (QED) is 0.465. The van der Waals surface area contributed by atoms with Crippen molar-refractivity contribution in [3.05, 3.63) is 54.5 Å². The number of rotatable bonds is 4. The zero-order chi connectivity index (χ0) is 19.1. The molecule has 0 N–H and O–H groups in total. The predicted molar refractivity (Wildman–Crippen MR) is 104 cm³/mol. The smallest absolute Gasteiger partial charge is 0.235 e. The van der Waals surface area contributed by atoms with Gasteiger partial charge in [0.25, 0.3) is 0 Å². The number of fused-ring (bicyclic) bond motifs is 1. The Bertz CT molecular complexity index is 1270. The lowest BCUT2D eigenvalue weighted by molar-refractivity contribution is 0.411. The molecular weight excluding hydrogens is 376 g/mol. The van der Waals surface area contributed by atoms with Crippen molar-refractivity contribution >= 4 is 16.3 Å². The monoisotopic (exact) mass is 390 g/mol. The van der Waals surface area contributed by atoms with Gasteiger partial charge in [0.05, 0.1) is 12.8 Å². The molecule has 0 unspecified atom stereocenters. The van der Waals surface area contributed by atoms with Gasteiger partial charge >= 0.3 is 0 Å². The van der Waals surface area contributed by atoms with Gasteiger partial charge in [0.2, 0.25) is 4.96 Å². The van der Waals surface area contributed by atoms with Gasteiger partial charge in [0.1, 0.15) is 17.1 Å². The third kappa shape index (κ3) is 2.54. The van der Waals surface area contributed by atoms with Gasteiger partial charge in [-0.25, -0.2) is 4.68 Å². The van der Waals surface area contributed by atoms with Crippen molar-refractivity contribution in [1.82, 2.24) is 39.8 Å². The van der Waals surface area contributed by atoms with Gasteiger partial charge in [-0.15, -0.1) is 15.3 Å². The zero-order valence-corrected chi connectivity index (χ0v) is 15.8. The van der Waals surface area contributed by atoms with Crippen LogP contribution in [0.1, 0.15) is 5.69 Å². The summed E-state index contributed by atoms with van der Waals surface area (Å²) in [5, 5.41) is 22.5. The largest absolute Gasteiger partial charge is 0.494 e. The van der Waals surface area contributed by atoms with E-state index in [4.69, 9.17) is 4.74 Å². The van der Waals surface area contributed by atoms with Crippen LogP contribution in [-0.2, 0) is 0 Å². The Labute approximate surface area is 163 Å². The zero-order valence-electron chi connectivity index (χ0n) is 15.0. The molecule has 0 aliphatic heterocycles. The molecule has 9 nitrogen and oxygen atoms in total. The van der Waals surface area contributed by atoms with E-state index >= 15 is 0 Å². The van der Waals surface area contributed by atoms with Crippen molar-refractivity contribution < 1.29 is 4.74 Å². The topological polar surface area (TPSA) is 95.9 Å². The maximum Gasteiger partial charge on any atom is 0.235 e. The van der Waals surface area contributed by atoms with E-state index < -0.39 is 0 Å². The van der Waals surface area contributed by atoms with E-state index in [1.165, 1.54) is 11.3 Å². The minimum atomic E-state index is 0.662. The number of para-hydroxylation sites is 2. The highest BCUT2D eigenvalue weighted by Crippen LogP contribution is 2.30. The van der Waals surface area contributed by atoms with E-state index in [9.17, 15) is 0 Å². The first kappa shape index (κ1) is 16.5. The molecule has 4 aromatic heterocycles. The number of aromatic nitrogens is 8. The van der Waals surface area contributed by atoms with Crippen molar-refractivity contribution in [2.24, 2.45) is 0 Å².